The topological polar surface area (TPSA) is 33.1 Å². The summed E-state index contributed by atoms with van der Waals surface area (Å²) in [6, 6.07) is 14.3. The second kappa shape index (κ2) is 5.42. The number of aliphatic hydroxyl groups is 1. The SMILES string of the molecule is OCCc1ccnc(Cc2ccccc2)c1. The van der Waals surface area contributed by atoms with Crippen LogP contribution in [0.1, 0.15) is 16.8 Å². The molecule has 2 aromatic rings. The standard InChI is InChI=1S/C14H15NO/c16-9-7-13-6-8-15-14(11-13)10-12-4-2-1-3-5-12/h1-6,8,11,16H,7,9-10H2. The molecule has 16 heavy (non-hydrogen) atoms. The van der Waals surface area contributed by atoms with E-state index in [9.17, 15) is 0 Å². The van der Waals surface area contributed by atoms with Crippen molar-refractivity contribution in [2.45, 2.75) is 12.8 Å². The fourth-order valence-corrected chi connectivity index (χ4v) is 1.71. The van der Waals surface area contributed by atoms with Gasteiger partial charge in [-0.25, -0.2) is 0 Å². The number of pyridine rings is 1. The lowest BCUT2D eigenvalue weighted by Gasteiger charge is -2.03. The van der Waals surface area contributed by atoms with Crippen molar-refractivity contribution in [2.75, 3.05) is 6.61 Å². The Morgan fingerprint density at radius 1 is 1.00 bits per heavy atom. The highest BCUT2D eigenvalue weighted by Gasteiger charge is 1.99. The number of aliphatic hydroxyl groups excluding tert-OH is 1. The van der Waals surface area contributed by atoms with Gasteiger partial charge in [-0.2, -0.15) is 0 Å². The molecule has 0 unspecified atom stereocenters. The largest absolute Gasteiger partial charge is 0.396 e. The summed E-state index contributed by atoms with van der Waals surface area (Å²) in [6.07, 6.45) is 3.35. The van der Waals surface area contributed by atoms with Gasteiger partial charge in [0.2, 0.25) is 0 Å². The Kier molecular flexibility index (Phi) is 3.67. The molecule has 1 aromatic heterocycles. The summed E-state index contributed by atoms with van der Waals surface area (Å²) in [7, 11) is 0. The van der Waals surface area contributed by atoms with Crippen molar-refractivity contribution in [3.63, 3.8) is 0 Å². The second-order valence-corrected chi connectivity index (χ2v) is 3.79. The average Bonchev–Trinajstić information content (AvgIpc) is 2.31. The van der Waals surface area contributed by atoms with Crippen LogP contribution in [0.2, 0.25) is 0 Å². The van der Waals surface area contributed by atoms with Crippen LogP contribution in [0.15, 0.2) is 48.7 Å². The lowest BCUT2D eigenvalue weighted by molar-refractivity contribution is 0.299. The summed E-state index contributed by atoms with van der Waals surface area (Å²) in [5, 5.41) is 8.88. The van der Waals surface area contributed by atoms with E-state index in [1.165, 1.54) is 5.56 Å². The van der Waals surface area contributed by atoms with E-state index in [0.29, 0.717) is 6.42 Å². The predicted molar refractivity (Wildman–Crippen MR) is 64.3 cm³/mol. The van der Waals surface area contributed by atoms with E-state index >= 15 is 0 Å². The first-order valence-electron chi connectivity index (χ1n) is 5.47. The van der Waals surface area contributed by atoms with E-state index in [0.717, 1.165) is 17.7 Å². The molecule has 0 aliphatic rings. The molecule has 0 atom stereocenters. The third kappa shape index (κ3) is 2.91. The maximum atomic E-state index is 8.88. The molecule has 1 heterocycles. The normalized spacial score (nSPS) is 10.3. The Labute approximate surface area is 95.6 Å². The fourth-order valence-electron chi connectivity index (χ4n) is 1.71. The van der Waals surface area contributed by atoms with Gasteiger partial charge in [-0.15, -0.1) is 0 Å². The lowest BCUT2D eigenvalue weighted by Crippen LogP contribution is -1.96. The molecule has 0 bridgehead atoms. The van der Waals surface area contributed by atoms with Gasteiger partial charge in [0.25, 0.3) is 0 Å². The van der Waals surface area contributed by atoms with Crippen LogP contribution >= 0.6 is 0 Å². The van der Waals surface area contributed by atoms with Gasteiger partial charge < -0.3 is 5.11 Å². The highest BCUT2D eigenvalue weighted by molar-refractivity contribution is 5.24. The number of hydrogen-bond donors (Lipinski definition) is 1. The molecule has 2 nitrogen and oxygen atoms in total. The Hall–Kier alpha value is -1.67. The van der Waals surface area contributed by atoms with Crippen LogP contribution < -0.4 is 0 Å². The quantitative estimate of drug-likeness (QED) is 0.844. The highest BCUT2D eigenvalue weighted by Crippen LogP contribution is 2.09. The first-order valence-corrected chi connectivity index (χ1v) is 5.47. The number of benzene rings is 1. The zero-order valence-electron chi connectivity index (χ0n) is 9.13. The minimum Gasteiger partial charge on any atom is -0.396 e. The Morgan fingerprint density at radius 2 is 1.81 bits per heavy atom. The van der Waals surface area contributed by atoms with Crippen molar-refractivity contribution >= 4 is 0 Å². The summed E-state index contributed by atoms with van der Waals surface area (Å²) in [5.41, 5.74) is 3.46. The Morgan fingerprint density at radius 3 is 2.56 bits per heavy atom. The maximum absolute atomic E-state index is 8.88. The molecule has 1 N–H and O–H groups in total. The van der Waals surface area contributed by atoms with Gasteiger partial charge >= 0.3 is 0 Å². The second-order valence-electron chi connectivity index (χ2n) is 3.79. The zero-order chi connectivity index (χ0) is 11.2. The van der Waals surface area contributed by atoms with Crippen LogP contribution in [-0.2, 0) is 12.8 Å². The van der Waals surface area contributed by atoms with Crippen molar-refractivity contribution in [1.82, 2.24) is 4.98 Å². The van der Waals surface area contributed by atoms with Gasteiger partial charge in [0.1, 0.15) is 0 Å². The maximum Gasteiger partial charge on any atom is 0.0471 e. The minimum absolute atomic E-state index is 0.189. The molecule has 0 aliphatic carbocycles. The van der Waals surface area contributed by atoms with E-state index in [1.54, 1.807) is 0 Å². The van der Waals surface area contributed by atoms with Crippen molar-refractivity contribution in [1.29, 1.82) is 0 Å². The Bertz CT molecular complexity index is 439. The predicted octanol–water partition coefficient (Wildman–Crippen LogP) is 2.21. The molecule has 1 aromatic carbocycles. The summed E-state index contributed by atoms with van der Waals surface area (Å²) in [6.45, 7) is 0.189. The fraction of sp³-hybridized carbons (Fsp3) is 0.214. The molecule has 0 saturated heterocycles. The average molecular weight is 213 g/mol. The van der Waals surface area contributed by atoms with E-state index in [-0.39, 0.29) is 6.61 Å². The van der Waals surface area contributed by atoms with Crippen molar-refractivity contribution < 1.29 is 5.11 Å². The monoisotopic (exact) mass is 213 g/mol. The van der Waals surface area contributed by atoms with Crippen LogP contribution in [0.3, 0.4) is 0 Å². The van der Waals surface area contributed by atoms with Gasteiger partial charge in [0.05, 0.1) is 0 Å². The molecule has 0 aliphatic heterocycles. The molecule has 0 amide bonds. The van der Waals surface area contributed by atoms with Crippen LogP contribution in [-0.4, -0.2) is 16.7 Å². The first-order chi connectivity index (χ1) is 7.88. The van der Waals surface area contributed by atoms with Crippen LogP contribution in [0.5, 0.6) is 0 Å². The third-order valence-corrected chi connectivity index (χ3v) is 2.51. The van der Waals surface area contributed by atoms with Gasteiger partial charge in [-0.3, -0.25) is 4.98 Å². The van der Waals surface area contributed by atoms with Crippen LogP contribution in [0, 0.1) is 0 Å². The van der Waals surface area contributed by atoms with E-state index in [2.05, 4.69) is 23.2 Å². The van der Waals surface area contributed by atoms with Crippen molar-refractivity contribution in [3.8, 4) is 0 Å². The van der Waals surface area contributed by atoms with Gasteiger partial charge in [0, 0.05) is 24.9 Å². The summed E-state index contributed by atoms with van der Waals surface area (Å²) in [5.74, 6) is 0. The summed E-state index contributed by atoms with van der Waals surface area (Å²) < 4.78 is 0. The molecule has 2 heteroatoms. The van der Waals surface area contributed by atoms with E-state index in [4.69, 9.17) is 5.11 Å². The third-order valence-electron chi connectivity index (χ3n) is 2.51. The number of rotatable bonds is 4. The van der Waals surface area contributed by atoms with E-state index < -0.39 is 0 Å². The van der Waals surface area contributed by atoms with E-state index in [1.807, 2.05) is 30.5 Å². The smallest absolute Gasteiger partial charge is 0.0471 e. The Balaban J connectivity index is 2.12. The minimum atomic E-state index is 0.189. The van der Waals surface area contributed by atoms with Gasteiger partial charge in [0.15, 0.2) is 0 Å². The lowest BCUT2D eigenvalue weighted by atomic mass is 10.1. The number of nitrogens with zero attached hydrogens (tertiary/aromatic N) is 1. The van der Waals surface area contributed by atoms with Crippen molar-refractivity contribution in [3.05, 3.63) is 65.5 Å². The first kappa shape index (κ1) is 10.8. The van der Waals surface area contributed by atoms with Crippen LogP contribution in [0.25, 0.3) is 0 Å². The van der Waals surface area contributed by atoms with Crippen molar-refractivity contribution in [2.24, 2.45) is 0 Å². The number of aromatic nitrogens is 1. The van der Waals surface area contributed by atoms with Crippen LogP contribution in [0.4, 0.5) is 0 Å². The highest BCUT2D eigenvalue weighted by atomic mass is 16.2. The molecule has 0 fully saturated rings. The van der Waals surface area contributed by atoms with Gasteiger partial charge in [-0.05, 0) is 29.7 Å². The molecule has 2 rings (SSSR count). The zero-order valence-corrected chi connectivity index (χ0v) is 9.13. The molecule has 82 valence electrons. The summed E-state index contributed by atoms with van der Waals surface area (Å²) in [4.78, 5) is 4.34. The molecule has 0 radical (unpaired) electrons. The number of hydrogen-bond acceptors (Lipinski definition) is 2. The molecular formula is C14H15NO. The molecule has 0 spiro atoms. The molecule has 0 saturated carbocycles. The molecular weight excluding hydrogens is 198 g/mol. The van der Waals surface area contributed by atoms with Gasteiger partial charge in [-0.1, -0.05) is 30.3 Å². The summed E-state index contributed by atoms with van der Waals surface area (Å²) >= 11 is 0.